The normalized spacial score (nSPS) is 10.5. The lowest BCUT2D eigenvalue weighted by molar-refractivity contribution is 0.612. The molecule has 13 heavy (non-hydrogen) atoms. The topological polar surface area (TPSA) is 38.0 Å². The summed E-state index contributed by atoms with van der Waals surface area (Å²) in [5, 5.41) is 3.45. The lowest BCUT2D eigenvalue weighted by Crippen LogP contribution is -2.21. The molecular formula is C9H12ClFN2. The maximum Gasteiger partial charge on any atom is 0.126 e. The van der Waals surface area contributed by atoms with E-state index >= 15 is 0 Å². The highest BCUT2D eigenvalue weighted by atomic mass is 35.5. The van der Waals surface area contributed by atoms with Crippen molar-refractivity contribution >= 4 is 11.6 Å². The summed E-state index contributed by atoms with van der Waals surface area (Å²) in [5.74, 6) is -0.238. The van der Waals surface area contributed by atoms with E-state index in [1.807, 2.05) is 0 Å². The molecule has 0 spiro atoms. The first-order valence-corrected chi connectivity index (χ1v) is 4.38. The molecule has 0 fully saturated rings. The third-order valence-electron chi connectivity index (χ3n) is 1.79. The third-order valence-corrected chi connectivity index (χ3v) is 2.14. The minimum atomic E-state index is -0.238. The van der Waals surface area contributed by atoms with E-state index in [1.54, 1.807) is 13.0 Å². The maximum atomic E-state index is 13.1. The van der Waals surface area contributed by atoms with E-state index < -0.39 is 0 Å². The van der Waals surface area contributed by atoms with Crippen molar-refractivity contribution in [3.63, 3.8) is 0 Å². The SMILES string of the molecule is Cc1cc(Cl)c(CNCN)cc1F. The Hall–Kier alpha value is -0.640. The zero-order valence-corrected chi connectivity index (χ0v) is 8.16. The lowest BCUT2D eigenvalue weighted by Gasteiger charge is -2.06. The first kappa shape index (κ1) is 10.4. The smallest absolute Gasteiger partial charge is 0.126 e. The molecule has 0 atom stereocenters. The van der Waals surface area contributed by atoms with Crippen molar-refractivity contribution in [2.75, 3.05) is 6.67 Å². The average Bonchev–Trinajstić information content (AvgIpc) is 2.09. The van der Waals surface area contributed by atoms with Gasteiger partial charge in [-0.1, -0.05) is 11.6 Å². The van der Waals surface area contributed by atoms with Gasteiger partial charge in [-0.3, -0.25) is 0 Å². The Bertz CT molecular complexity index is 302. The molecule has 0 aliphatic heterocycles. The molecule has 0 aromatic heterocycles. The lowest BCUT2D eigenvalue weighted by atomic mass is 10.1. The monoisotopic (exact) mass is 202 g/mol. The molecule has 0 saturated heterocycles. The van der Waals surface area contributed by atoms with Crippen LogP contribution in [-0.2, 0) is 6.54 Å². The van der Waals surface area contributed by atoms with E-state index in [0.29, 0.717) is 23.8 Å². The third kappa shape index (κ3) is 2.66. The van der Waals surface area contributed by atoms with Gasteiger partial charge in [0.15, 0.2) is 0 Å². The van der Waals surface area contributed by atoms with E-state index in [-0.39, 0.29) is 5.82 Å². The molecule has 0 aliphatic carbocycles. The van der Waals surface area contributed by atoms with Crippen LogP contribution in [0, 0.1) is 12.7 Å². The van der Waals surface area contributed by atoms with Crippen LogP contribution in [0.15, 0.2) is 12.1 Å². The zero-order valence-electron chi connectivity index (χ0n) is 7.40. The molecule has 0 bridgehead atoms. The highest BCUT2D eigenvalue weighted by Crippen LogP contribution is 2.19. The van der Waals surface area contributed by atoms with Crippen molar-refractivity contribution in [3.8, 4) is 0 Å². The minimum absolute atomic E-state index is 0.238. The second-order valence-electron chi connectivity index (χ2n) is 2.82. The van der Waals surface area contributed by atoms with E-state index in [0.717, 1.165) is 5.56 Å². The summed E-state index contributed by atoms with van der Waals surface area (Å²) in [6, 6.07) is 3.05. The van der Waals surface area contributed by atoms with Crippen molar-refractivity contribution in [3.05, 3.63) is 34.1 Å². The van der Waals surface area contributed by atoms with Crippen LogP contribution in [0.5, 0.6) is 0 Å². The largest absolute Gasteiger partial charge is 0.318 e. The molecule has 0 aliphatic rings. The standard InChI is InChI=1S/C9H12ClFN2/c1-6-2-8(10)7(3-9(6)11)4-13-5-12/h2-3,13H,4-5,12H2,1H3. The predicted octanol–water partition coefficient (Wildman–Crippen LogP) is 1.79. The Kier molecular flexibility index (Phi) is 3.66. The van der Waals surface area contributed by atoms with E-state index in [9.17, 15) is 4.39 Å². The summed E-state index contributed by atoms with van der Waals surface area (Å²) >= 11 is 5.89. The summed E-state index contributed by atoms with van der Waals surface area (Å²) in [6.45, 7) is 2.53. The molecule has 1 aromatic rings. The van der Waals surface area contributed by atoms with E-state index in [2.05, 4.69) is 5.32 Å². The van der Waals surface area contributed by atoms with Gasteiger partial charge in [-0.05, 0) is 30.2 Å². The molecule has 0 radical (unpaired) electrons. The minimum Gasteiger partial charge on any atom is -0.318 e. The summed E-state index contributed by atoms with van der Waals surface area (Å²) in [4.78, 5) is 0. The second-order valence-corrected chi connectivity index (χ2v) is 3.23. The van der Waals surface area contributed by atoms with Crippen LogP contribution in [0.4, 0.5) is 4.39 Å². The molecule has 0 heterocycles. The van der Waals surface area contributed by atoms with Crippen molar-refractivity contribution in [1.82, 2.24) is 5.32 Å². The zero-order chi connectivity index (χ0) is 9.84. The molecule has 0 unspecified atom stereocenters. The van der Waals surface area contributed by atoms with Crippen LogP contribution in [-0.4, -0.2) is 6.67 Å². The Balaban J connectivity index is 2.88. The van der Waals surface area contributed by atoms with Gasteiger partial charge in [0.2, 0.25) is 0 Å². The van der Waals surface area contributed by atoms with Gasteiger partial charge in [0, 0.05) is 18.2 Å². The van der Waals surface area contributed by atoms with E-state index in [1.165, 1.54) is 6.07 Å². The molecule has 72 valence electrons. The van der Waals surface area contributed by atoms with Crippen LogP contribution < -0.4 is 11.1 Å². The fourth-order valence-electron chi connectivity index (χ4n) is 1.03. The molecule has 0 saturated carbocycles. The van der Waals surface area contributed by atoms with Crippen molar-refractivity contribution in [2.24, 2.45) is 5.73 Å². The van der Waals surface area contributed by atoms with Gasteiger partial charge >= 0.3 is 0 Å². The molecule has 2 nitrogen and oxygen atoms in total. The molecule has 4 heteroatoms. The Morgan fingerprint density at radius 2 is 2.23 bits per heavy atom. The number of nitrogens with two attached hydrogens (primary N) is 1. The Morgan fingerprint density at radius 3 is 2.85 bits per heavy atom. The quantitative estimate of drug-likeness (QED) is 0.734. The second kappa shape index (κ2) is 4.56. The maximum absolute atomic E-state index is 13.1. The number of halogens is 2. The highest BCUT2D eigenvalue weighted by Gasteiger charge is 2.04. The van der Waals surface area contributed by atoms with Gasteiger partial charge in [-0.2, -0.15) is 0 Å². The molecule has 1 aromatic carbocycles. The first-order chi connectivity index (χ1) is 6.15. The van der Waals surface area contributed by atoms with Gasteiger partial charge in [0.05, 0.1) is 0 Å². The fourth-order valence-corrected chi connectivity index (χ4v) is 1.31. The van der Waals surface area contributed by atoms with Gasteiger partial charge in [-0.25, -0.2) is 4.39 Å². The van der Waals surface area contributed by atoms with Crippen molar-refractivity contribution < 1.29 is 4.39 Å². The summed E-state index contributed by atoms with van der Waals surface area (Å²) in [7, 11) is 0. The number of hydrogen-bond acceptors (Lipinski definition) is 2. The number of rotatable bonds is 3. The molecule has 0 amide bonds. The summed E-state index contributed by atoms with van der Waals surface area (Å²) in [6.07, 6.45) is 0. The van der Waals surface area contributed by atoms with Crippen molar-refractivity contribution in [1.29, 1.82) is 0 Å². The van der Waals surface area contributed by atoms with Crippen molar-refractivity contribution in [2.45, 2.75) is 13.5 Å². The summed E-state index contributed by atoms with van der Waals surface area (Å²) in [5.41, 5.74) is 6.54. The molecular weight excluding hydrogens is 191 g/mol. The van der Waals surface area contributed by atoms with Crippen LogP contribution in [0.25, 0.3) is 0 Å². The van der Waals surface area contributed by atoms with Crippen LogP contribution in [0.3, 0.4) is 0 Å². The number of benzene rings is 1. The first-order valence-electron chi connectivity index (χ1n) is 4.00. The van der Waals surface area contributed by atoms with Crippen LogP contribution in [0.1, 0.15) is 11.1 Å². The van der Waals surface area contributed by atoms with Gasteiger partial charge in [0.1, 0.15) is 5.82 Å². The number of aryl methyl sites for hydroxylation is 1. The fraction of sp³-hybridized carbons (Fsp3) is 0.333. The van der Waals surface area contributed by atoms with Gasteiger partial charge in [-0.15, -0.1) is 0 Å². The van der Waals surface area contributed by atoms with Gasteiger partial charge in [0.25, 0.3) is 0 Å². The predicted molar refractivity (Wildman–Crippen MR) is 52.0 cm³/mol. The average molecular weight is 203 g/mol. The molecule has 3 N–H and O–H groups in total. The number of hydrogen-bond donors (Lipinski definition) is 2. The van der Waals surface area contributed by atoms with Crippen LogP contribution in [0.2, 0.25) is 5.02 Å². The Labute approximate surface area is 81.9 Å². The van der Waals surface area contributed by atoms with E-state index in [4.69, 9.17) is 17.3 Å². The van der Waals surface area contributed by atoms with Crippen LogP contribution >= 0.6 is 11.6 Å². The molecule has 1 rings (SSSR count). The Morgan fingerprint density at radius 1 is 1.54 bits per heavy atom. The summed E-state index contributed by atoms with van der Waals surface area (Å²) < 4.78 is 13.1. The van der Waals surface area contributed by atoms with Gasteiger partial charge < -0.3 is 11.1 Å². The highest BCUT2D eigenvalue weighted by molar-refractivity contribution is 6.31. The number of nitrogens with one attached hydrogen (secondary N) is 1.